The van der Waals surface area contributed by atoms with E-state index in [2.05, 4.69) is 9.47 Å². The van der Waals surface area contributed by atoms with Gasteiger partial charge in [-0.05, 0) is 0 Å². The van der Waals surface area contributed by atoms with Gasteiger partial charge in [-0.15, -0.1) is 0 Å². The molecule has 62 valence electrons. The molecule has 0 amide bonds. The SMILES string of the molecule is COCOC(=O)/C=C\C(=O)O. The molecule has 0 saturated heterocycles. The summed E-state index contributed by atoms with van der Waals surface area (Å²) in [5.74, 6) is -1.94. The number of esters is 1. The minimum absolute atomic E-state index is 0.178. The Bertz CT molecular complexity index is 172. The largest absolute Gasteiger partial charge is 0.478 e. The van der Waals surface area contributed by atoms with Gasteiger partial charge >= 0.3 is 11.9 Å². The number of methoxy groups -OCH3 is 1. The maximum Gasteiger partial charge on any atom is 0.333 e. The van der Waals surface area contributed by atoms with E-state index < -0.39 is 11.9 Å². The number of carbonyl (C=O) groups is 2. The Hall–Kier alpha value is -1.36. The van der Waals surface area contributed by atoms with Gasteiger partial charge in [0.05, 0.1) is 0 Å². The molecular formula is C6H8O5. The van der Waals surface area contributed by atoms with Crippen molar-refractivity contribution < 1.29 is 24.2 Å². The fourth-order valence-corrected chi connectivity index (χ4v) is 0.304. The van der Waals surface area contributed by atoms with Crippen molar-refractivity contribution in [3.8, 4) is 0 Å². The molecule has 0 fully saturated rings. The van der Waals surface area contributed by atoms with Gasteiger partial charge < -0.3 is 14.6 Å². The third-order valence-electron chi connectivity index (χ3n) is 0.681. The predicted molar refractivity (Wildman–Crippen MR) is 34.7 cm³/mol. The molecule has 1 N–H and O–H groups in total. The topological polar surface area (TPSA) is 72.8 Å². The zero-order chi connectivity index (χ0) is 8.69. The van der Waals surface area contributed by atoms with Crippen LogP contribution in [0.1, 0.15) is 0 Å². The number of rotatable bonds is 4. The van der Waals surface area contributed by atoms with Crippen LogP contribution >= 0.6 is 0 Å². The molecule has 0 aromatic rings. The Morgan fingerprint density at radius 1 is 1.45 bits per heavy atom. The standard InChI is InChI=1S/C6H8O5/c1-10-4-11-6(9)3-2-5(7)8/h2-3H,4H2,1H3,(H,7,8)/b3-2-. The molecule has 0 aliphatic heterocycles. The van der Waals surface area contributed by atoms with E-state index in [0.29, 0.717) is 6.08 Å². The second-order valence-electron chi connectivity index (χ2n) is 1.54. The third kappa shape index (κ3) is 6.53. The number of carboxylic acid groups (broad SMARTS) is 1. The van der Waals surface area contributed by atoms with Crippen molar-refractivity contribution in [3.05, 3.63) is 12.2 Å². The Labute approximate surface area is 63.2 Å². The van der Waals surface area contributed by atoms with Gasteiger partial charge in [-0.2, -0.15) is 0 Å². The van der Waals surface area contributed by atoms with Gasteiger partial charge in [-0.25, -0.2) is 9.59 Å². The summed E-state index contributed by atoms with van der Waals surface area (Å²) in [5.41, 5.74) is 0. The quantitative estimate of drug-likeness (QED) is 0.349. The van der Waals surface area contributed by atoms with Crippen molar-refractivity contribution in [2.75, 3.05) is 13.9 Å². The van der Waals surface area contributed by atoms with Gasteiger partial charge in [0.25, 0.3) is 0 Å². The summed E-state index contributed by atoms with van der Waals surface area (Å²) in [6.07, 6.45) is 1.50. The minimum Gasteiger partial charge on any atom is -0.478 e. The van der Waals surface area contributed by atoms with E-state index in [1.54, 1.807) is 0 Å². The van der Waals surface area contributed by atoms with E-state index in [4.69, 9.17) is 5.11 Å². The first kappa shape index (κ1) is 9.64. The summed E-state index contributed by atoms with van der Waals surface area (Å²) in [5, 5.41) is 8.06. The molecule has 11 heavy (non-hydrogen) atoms. The molecular weight excluding hydrogens is 152 g/mol. The van der Waals surface area contributed by atoms with E-state index in [9.17, 15) is 9.59 Å². The monoisotopic (exact) mass is 160 g/mol. The molecule has 5 nitrogen and oxygen atoms in total. The summed E-state index contributed by atoms with van der Waals surface area (Å²) >= 11 is 0. The average Bonchev–Trinajstić information content (AvgIpc) is 1.97. The van der Waals surface area contributed by atoms with Gasteiger partial charge in [0.15, 0.2) is 6.79 Å². The van der Waals surface area contributed by atoms with E-state index in [1.807, 2.05) is 0 Å². The first-order valence-corrected chi connectivity index (χ1v) is 2.73. The predicted octanol–water partition coefficient (Wildman–Crippen LogP) is -0.226. The van der Waals surface area contributed by atoms with Crippen LogP contribution in [0, 0.1) is 0 Å². The Balaban J connectivity index is 3.60. The van der Waals surface area contributed by atoms with Gasteiger partial charge in [-0.1, -0.05) is 0 Å². The number of carboxylic acids is 1. The second kappa shape index (κ2) is 5.43. The molecule has 0 heterocycles. The molecule has 5 heteroatoms. The molecule has 0 aliphatic rings. The van der Waals surface area contributed by atoms with E-state index >= 15 is 0 Å². The molecule has 0 aromatic carbocycles. The lowest BCUT2D eigenvalue weighted by molar-refractivity contribution is -0.148. The van der Waals surface area contributed by atoms with E-state index in [1.165, 1.54) is 7.11 Å². The molecule has 0 aromatic heterocycles. The summed E-state index contributed by atoms with van der Waals surface area (Å²) in [4.78, 5) is 20.3. The molecule has 0 unspecified atom stereocenters. The van der Waals surface area contributed by atoms with Gasteiger partial charge in [0.1, 0.15) is 0 Å². The van der Waals surface area contributed by atoms with Crippen molar-refractivity contribution in [1.29, 1.82) is 0 Å². The summed E-state index contributed by atoms with van der Waals surface area (Å²) in [7, 11) is 1.36. The molecule has 0 atom stereocenters. The Morgan fingerprint density at radius 2 is 2.09 bits per heavy atom. The maximum absolute atomic E-state index is 10.5. The lowest BCUT2D eigenvalue weighted by Crippen LogP contribution is -2.04. The first-order valence-electron chi connectivity index (χ1n) is 2.73. The Kier molecular flexibility index (Phi) is 4.76. The zero-order valence-electron chi connectivity index (χ0n) is 5.94. The molecule has 0 aliphatic carbocycles. The van der Waals surface area contributed by atoms with Crippen LogP contribution in [0.15, 0.2) is 12.2 Å². The fourth-order valence-electron chi connectivity index (χ4n) is 0.304. The highest BCUT2D eigenvalue weighted by Gasteiger charge is 1.95. The van der Waals surface area contributed by atoms with Crippen LogP contribution in [-0.4, -0.2) is 30.9 Å². The second-order valence-corrected chi connectivity index (χ2v) is 1.54. The Morgan fingerprint density at radius 3 is 2.55 bits per heavy atom. The number of carbonyl (C=O) groups excluding carboxylic acids is 1. The van der Waals surface area contributed by atoms with Crippen LogP contribution in [0.4, 0.5) is 0 Å². The fraction of sp³-hybridized carbons (Fsp3) is 0.333. The molecule has 0 rings (SSSR count). The van der Waals surface area contributed by atoms with Crippen LogP contribution < -0.4 is 0 Å². The van der Waals surface area contributed by atoms with Gasteiger partial charge in [-0.3, -0.25) is 0 Å². The van der Waals surface area contributed by atoms with E-state index in [-0.39, 0.29) is 6.79 Å². The van der Waals surface area contributed by atoms with Crippen LogP contribution in [0.25, 0.3) is 0 Å². The highest BCUT2D eigenvalue weighted by molar-refractivity contribution is 5.90. The van der Waals surface area contributed by atoms with Crippen LogP contribution in [0.3, 0.4) is 0 Å². The minimum atomic E-state index is -1.20. The lowest BCUT2D eigenvalue weighted by atomic mass is 10.5. The van der Waals surface area contributed by atoms with Crippen LogP contribution in [-0.2, 0) is 19.1 Å². The van der Waals surface area contributed by atoms with Crippen molar-refractivity contribution >= 4 is 11.9 Å². The number of ether oxygens (including phenoxy) is 2. The molecule has 0 saturated carbocycles. The van der Waals surface area contributed by atoms with Gasteiger partial charge in [0, 0.05) is 19.3 Å². The summed E-state index contributed by atoms with van der Waals surface area (Å²) in [6, 6.07) is 0. The smallest absolute Gasteiger partial charge is 0.333 e. The number of aliphatic carboxylic acids is 1. The summed E-state index contributed by atoms with van der Waals surface area (Å²) in [6.45, 7) is -0.178. The molecule has 0 bridgehead atoms. The normalized spacial score (nSPS) is 9.91. The van der Waals surface area contributed by atoms with Gasteiger partial charge in [0.2, 0.25) is 0 Å². The van der Waals surface area contributed by atoms with Crippen molar-refractivity contribution in [3.63, 3.8) is 0 Å². The lowest BCUT2D eigenvalue weighted by Gasteiger charge is -1.96. The molecule has 0 spiro atoms. The zero-order valence-corrected chi connectivity index (χ0v) is 5.94. The van der Waals surface area contributed by atoms with Crippen LogP contribution in [0.5, 0.6) is 0 Å². The average molecular weight is 160 g/mol. The van der Waals surface area contributed by atoms with Crippen LogP contribution in [0.2, 0.25) is 0 Å². The first-order chi connectivity index (χ1) is 5.16. The number of hydrogen-bond acceptors (Lipinski definition) is 4. The highest BCUT2D eigenvalue weighted by Crippen LogP contribution is 1.81. The maximum atomic E-state index is 10.5. The van der Waals surface area contributed by atoms with Crippen molar-refractivity contribution in [1.82, 2.24) is 0 Å². The van der Waals surface area contributed by atoms with E-state index in [0.717, 1.165) is 6.08 Å². The highest BCUT2D eigenvalue weighted by atomic mass is 16.7. The van der Waals surface area contributed by atoms with Crippen molar-refractivity contribution in [2.45, 2.75) is 0 Å². The number of hydrogen-bond donors (Lipinski definition) is 1. The van der Waals surface area contributed by atoms with Crippen molar-refractivity contribution in [2.24, 2.45) is 0 Å². The summed E-state index contributed by atoms with van der Waals surface area (Å²) < 4.78 is 8.73. The molecule has 0 radical (unpaired) electrons. The third-order valence-corrected chi connectivity index (χ3v) is 0.681.